The summed E-state index contributed by atoms with van der Waals surface area (Å²) in [5.41, 5.74) is 0.786. The van der Waals surface area contributed by atoms with Crippen molar-refractivity contribution >= 4 is 6.09 Å². The first-order chi connectivity index (χ1) is 10.7. The van der Waals surface area contributed by atoms with Crippen LogP contribution in [0.4, 0.5) is 9.18 Å². The first-order valence-corrected chi connectivity index (χ1v) is 7.19. The molecular formula is C17H19FN2O3. The Kier molecular flexibility index (Phi) is 4.83. The number of hydrogen-bond acceptors (Lipinski definition) is 3. The fourth-order valence-electron chi connectivity index (χ4n) is 2.04. The normalized spacial score (nSPS) is 11.1. The van der Waals surface area contributed by atoms with Gasteiger partial charge in [0.15, 0.2) is 0 Å². The number of H-pyrrole nitrogens is 1. The van der Waals surface area contributed by atoms with E-state index >= 15 is 0 Å². The number of carbonyl (C=O) groups excluding carboxylic acids is 1. The Balaban J connectivity index is 2.23. The number of benzene rings is 1. The van der Waals surface area contributed by atoms with Crippen LogP contribution in [-0.4, -0.2) is 16.7 Å². The van der Waals surface area contributed by atoms with Crippen molar-refractivity contribution in [1.82, 2.24) is 10.3 Å². The number of ether oxygens (including phenoxy) is 1. The third-order valence-corrected chi connectivity index (χ3v) is 2.95. The molecule has 0 unspecified atom stereocenters. The van der Waals surface area contributed by atoms with Crippen LogP contribution in [-0.2, 0) is 11.3 Å². The van der Waals surface area contributed by atoms with Crippen molar-refractivity contribution in [2.45, 2.75) is 32.9 Å². The van der Waals surface area contributed by atoms with Gasteiger partial charge < -0.3 is 15.0 Å². The van der Waals surface area contributed by atoms with E-state index in [2.05, 4.69) is 10.3 Å². The van der Waals surface area contributed by atoms with Gasteiger partial charge in [0.2, 0.25) is 5.56 Å². The summed E-state index contributed by atoms with van der Waals surface area (Å²) in [6.07, 6.45) is -0.561. The van der Waals surface area contributed by atoms with Gasteiger partial charge in [0, 0.05) is 23.9 Å². The molecule has 0 spiro atoms. The smallest absolute Gasteiger partial charge is 0.407 e. The number of alkyl carbamates (subject to hydrolysis) is 1. The molecule has 0 atom stereocenters. The minimum absolute atomic E-state index is 0.154. The Labute approximate surface area is 133 Å². The molecular weight excluding hydrogens is 299 g/mol. The zero-order valence-corrected chi connectivity index (χ0v) is 13.3. The highest BCUT2D eigenvalue weighted by Gasteiger charge is 2.16. The molecule has 5 nitrogen and oxygen atoms in total. The molecule has 122 valence electrons. The molecule has 0 bridgehead atoms. The van der Waals surface area contributed by atoms with Gasteiger partial charge in [0.05, 0.1) is 0 Å². The lowest BCUT2D eigenvalue weighted by atomic mass is 10.0. The number of halogens is 1. The van der Waals surface area contributed by atoms with Gasteiger partial charge in [-0.2, -0.15) is 0 Å². The molecule has 0 radical (unpaired) electrons. The average molecular weight is 318 g/mol. The van der Waals surface area contributed by atoms with Gasteiger partial charge in [-0.25, -0.2) is 9.18 Å². The first-order valence-electron chi connectivity index (χ1n) is 7.19. The molecule has 0 fully saturated rings. The second-order valence-electron chi connectivity index (χ2n) is 6.09. The summed E-state index contributed by atoms with van der Waals surface area (Å²) in [6, 6.07) is 8.82. The van der Waals surface area contributed by atoms with E-state index in [0.29, 0.717) is 16.8 Å². The molecule has 0 aliphatic heterocycles. The Morgan fingerprint density at radius 3 is 2.65 bits per heavy atom. The molecule has 1 aromatic heterocycles. The fraction of sp³-hybridized carbons (Fsp3) is 0.294. The van der Waals surface area contributed by atoms with E-state index in [1.54, 1.807) is 39.0 Å². The number of rotatable bonds is 3. The van der Waals surface area contributed by atoms with Crippen molar-refractivity contribution in [1.29, 1.82) is 0 Å². The van der Waals surface area contributed by atoms with Crippen LogP contribution in [0.2, 0.25) is 0 Å². The van der Waals surface area contributed by atoms with Crippen LogP contribution in [0.25, 0.3) is 11.3 Å². The van der Waals surface area contributed by atoms with Crippen LogP contribution in [0.1, 0.15) is 26.3 Å². The van der Waals surface area contributed by atoms with Crippen LogP contribution >= 0.6 is 0 Å². The lowest BCUT2D eigenvalue weighted by Gasteiger charge is -2.20. The number of carbonyl (C=O) groups is 1. The molecule has 1 heterocycles. The summed E-state index contributed by atoms with van der Waals surface area (Å²) in [6.45, 7) is 5.46. The summed E-state index contributed by atoms with van der Waals surface area (Å²) in [7, 11) is 0. The van der Waals surface area contributed by atoms with Crippen molar-refractivity contribution in [3.63, 3.8) is 0 Å². The van der Waals surface area contributed by atoms with Crippen molar-refractivity contribution in [2.75, 3.05) is 0 Å². The Morgan fingerprint density at radius 1 is 1.26 bits per heavy atom. The second-order valence-corrected chi connectivity index (χ2v) is 6.09. The van der Waals surface area contributed by atoms with Gasteiger partial charge in [0.1, 0.15) is 11.4 Å². The monoisotopic (exact) mass is 318 g/mol. The maximum absolute atomic E-state index is 13.6. The summed E-state index contributed by atoms with van der Waals surface area (Å²) in [5, 5.41) is 2.62. The van der Waals surface area contributed by atoms with E-state index in [1.165, 1.54) is 18.2 Å². The van der Waals surface area contributed by atoms with Crippen molar-refractivity contribution in [2.24, 2.45) is 0 Å². The SMILES string of the molecule is CC(C)(C)OC(=O)NCc1ccc(F)cc1-c1cccc(=O)[nH]1. The summed E-state index contributed by atoms with van der Waals surface area (Å²) in [5.74, 6) is -0.425. The van der Waals surface area contributed by atoms with Crippen molar-refractivity contribution < 1.29 is 13.9 Å². The van der Waals surface area contributed by atoms with E-state index in [4.69, 9.17) is 4.74 Å². The number of aromatic amines is 1. The molecule has 6 heteroatoms. The summed E-state index contributed by atoms with van der Waals surface area (Å²) >= 11 is 0. The predicted molar refractivity (Wildman–Crippen MR) is 85.5 cm³/mol. The quantitative estimate of drug-likeness (QED) is 0.913. The summed E-state index contributed by atoms with van der Waals surface area (Å²) < 4.78 is 18.7. The number of hydrogen-bond donors (Lipinski definition) is 2. The second kappa shape index (κ2) is 6.64. The zero-order valence-electron chi connectivity index (χ0n) is 13.3. The van der Waals surface area contributed by atoms with Crippen molar-refractivity contribution in [3.05, 3.63) is 58.1 Å². The third-order valence-electron chi connectivity index (χ3n) is 2.95. The molecule has 2 aromatic rings. The Bertz CT molecular complexity index is 763. The summed E-state index contributed by atoms with van der Waals surface area (Å²) in [4.78, 5) is 25.8. The fourth-order valence-corrected chi connectivity index (χ4v) is 2.04. The molecule has 1 aromatic carbocycles. The van der Waals surface area contributed by atoms with Gasteiger partial charge >= 0.3 is 6.09 Å². The van der Waals surface area contributed by atoms with Gasteiger partial charge in [-0.05, 0) is 44.5 Å². The predicted octanol–water partition coefficient (Wildman–Crippen LogP) is 3.21. The van der Waals surface area contributed by atoms with E-state index in [-0.39, 0.29) is 12.1 Å². The van der Waals surface area contributed by atoms with E-state index in [1.807, 2.05) is 0 Å². The number of aromatic nitrogens is 1. The van der Waals surface area contributed by atoms with Gasteiger partial charge in [-0.3, -0.25) is 4.79 Å². The topological polar surface area (TPSA) is 71.2 Å². The lowest BCUT2D eigenvalue weighted by Crippen LogP contribution is -2.32. The average Bonchev–Trinajstić information content (AvgIpc) is 2.44. The number of amides is 1. The maximum atomic E-state index is 13.6. The maximum Gasteiger partial charge on any atom is 0.407 e. The van der Waals surface area contributed by atoms with Crippen LogP contribution < -0.4 is 10.9 Å². The molecule has 1 amide bonds. The highest BCUT2D eigenvalue weighted by atomic mass is 19.1. The van der Waals surface area contributed by atoms with Crippen molar-refractivity contribution in [3.8, 4) is 11.3 Å². The van der Waals surface area contributed by atoms with Crippen LogP contribution in [0, 0.1) is 5.82 Å². The Hall–Kier alpha value is -2.63. The van der Waals surface area contributed by atoms with E-state index in [9.17, 15) is 14.0 Å². The standard InChI is InChI=1S/C17H19FN2O3/c1-17(2,3)23-16(22)19-10-11-7-8-12(18)9-13(11)14-5-4-6-15(21)20-14/h4-9H,10H2,1-3H3,(H,19,22)(H,20,21). The molecule has 23 heavy (non-hydrogen) atoms. The molecule has 2 N–H and O–H groups in total. The highest BCUT2D eigenvalue weighted by molar-refractivity contribution is 5.69. The van der Waals surface area contributed by atoms with Crippen LogP contribution in [0.15, 0.2) is 41.2 Å². The van der Waals surface area contributed by atoms with Crippen LogP contribution in [0.5, 0.6) is 0 Å². The minimum atomic E-state index is -0.597. The minimum Gasteiger partial charge on any atom is -0.444 e. The molecule has 0 saturated carbocycles. The first kappa shape index (κ1) is 16.7. The highest BCUT2D eigenvalue weighted by Crippen LogP contribution is 2.22. The van der Waals surface area contributed by atoms with Gasteiger partial charge in [0.25, 0.3) is 0 Å². The number of pyridine rings is 1. The zero-order chi connectivity index (χ0) is 17.0. The largest absolute Gasteiger partial charge is 0.444 e. The van der Waals surface area contributed by atoms with Gasteiger partial charge in [-0.1, -0.05) is 12.1 Å². The van der Waals surface area contributed by atoms with E-state index in [0.717, 1.165) is 0 Å². The lowest BCUT2D eigenvalue weighted by molar-refractivity contribution is 0.0523. The molecule has 0 saturated heterocycles. The number of nitrogens with one attached hydrogen (secondary N) is 2. The Morgan fingerprint density at radius 2 is 2.00 bits per heavy atom. The van der Waals surface area contributed by atoms with Crippen LogP contribution in [0.3, 0.4) is 0 Å². The molecule has 2 rings (SSSR count). The molecule has 0 aliphatic rings. The third kappa shape index (κ3) is 4.95. The van der Waals surface area contributed by atoms with E-state index < -0.39 is 17.5 Å². The molecule has 0 aliphatic carbocycles. The van der Waals surface area contributed by atoms with Gasteiger partial charge in [-0.15, -0.1) is 0 Å².